The van der Waals surface area contributed by atoms with E-state index in [1.165, 1.54) is 29.2 Å². The Hall–Kier alpha value is -3.46. The summed E-state index contributed by atoms with van der Waals surface area (Å²) in [5.74, 6) is 1.03. The van der Waals surface area contributed by atoms with Crippen molar-refractivity contribution in [2.24, 2.45) is 0 Å². The molecule has 0 saturated heterocycles. The van der Waals surface area contributed by atoms with Crippen molar-refractivity contribution in [3.8, 4) is 5.75 Å². The first-order chi connectivity index (χ1) is 13.5. The van der Waals surface area contributed by atoms with Crippen molar-refractivity contribution in [3.63, 3.8) is 0 Å². The lowest BCUT2D eigenvalue weighted by atomic mass is 10.2. The molecule has 2 aromatic carbocycles. The highest BCUT2D eigenvalue weighted by Gasteiger charge is 2.17. The minimum atomic E-state index is -0.487. The molecule has 28 heavy (non-hydrogen) atoms. The number of non-ortho nitro benzene ring substituents is 1. The molecule has 0 unspecified atom stereocenters. The molecule has 0 bridgehead atoms. The van der Waals surface area contributed by atoms with Gasteiger partial charge >= 0.3 is 0 Å². The van der Waals surface area contributed by atoms with Crippen molar-refractivity contribution >= 4 is 28.3 Å². The zero-order valence-corrected chi connectivity index (χ0v) is 15.2. The molecule has 9 heteroatoms. The highest BCUT2D eigenvalue weighted by molar-refractivity contribution is 5.95. The summed E-state index contributed by atoms with van der Waals surface area (Å²) in [6, 6.07) is 11.3. The minimum absolute atomic E-state index is 0.0303. The number of nitro groups is 1. The smallest absolute Gasteiger partial charge is 0.269 e. The molecule has 2 heterocycles. The van der Waals surface area contributed by atoms with Crippen molar-refractivity contribution in [2.45, 2.75) is 13.2 Å². The molecule has 3 aromatic rings. The number of aromatic nitrogens is 2. The quantitative estimate of drug-likeness (QED) is 0.497. The van der Waals surface area contributed by atoms with Crippen molar-refractivity contribution in [1.82, 2.24) is 9.55 Å². The first kappa shape index (κ1) is 17.9. The van der Waals surface area contributed by atoms with E-state index >= 15 is 0 Å². The van der Waals surface area contributed by atoms with E-state index < -0.39 is 4.92 Å². The van der Waals surface area contributed by atoms with E-state index in [-0.39, 0.29) is 18.2 Å². The third-order valence-corrected chi connectivity index (χ3v) is 4.67. The van der Waals surface area contributed by atoms with Gasteiger partial charge in [0.2, 0.25) is 0 Å². The monoisotopic (exact) mass is 382 g/mol. The van der Waals surface area contributed by atoms with Crippen LogP contribution in [0.2, 0.25) is 0 Å². The van der Waals surface area contributed by atoms with Crippen LogP contribution < -0.4 is 9.64 Å². The Morgan fingerprint density at radius 2 is 2.11 bits per heavy atom. The molecule has 0 spiro atoms. The standard InChI is InChI=1S/C19H18N4O5/c1-21(19(24)12-28-15-5-2-13(3-6-15)23(25)26)14-4-7-17-16(10-14)20-18-11-27-9-8-22(17)18/h2-7,10H,8-9,11-12H2,1H3. The van der Waals surface area contributed by atoms with Crippen molar-refractivity contribution in [1.29, 1.82) is 0 Å². The van der Waals surface area contributed by atoms with E-state index in [0.717, 1.165) is 23.4 Å². The van der Waals surface area contributed by atoms with Gasteiger partial charge in [-0.3, -0.25) is 14.9 Å². The Labute approximate surface area is 160 Å². The van der Waals surface area contributed by atoms with Crippen LogP contribution >= 0.6 is 0 Å². The summed E-state index contributed by atoms with van der Waals surface area (Å²) in [6.45, 7) is 1.74. The average Bonchev–Trinajstić information content (AvgIpc) is 3.09. The van der Waals surface area contributed by atoms with Crippen LogP contribution in [0.4, 0.5) is 11.4 Å². The van der Waals surface area contributed by atoms with Gasteiger partial charge in [-0.05, 0) is 30.3 Å². The zero-order valence-electron chi connectivity index (χ0n) is 15.2. The number of hydrogen-bond acceptors (Lipinski definition) is 6. The largest absolute Gasteiger partial charge is 0.484 e. The number of carbonyl (C=O) groups is 1. The van der Waals surface area contributed by atoms with Crippen molar-refractivity contribution in [2.75, 3.05) is 25.2 Å². The summed E-state index contributed by atoms with van der Waals surface area (Å²) in [7, 11) is 1.67. The van der Waals surface area contributed by atoms with E-state index in [1.807, 2.05) is 18.2 Å². The summed E-state index contributed by atoms with van der Waals surface area (Å²) < 4.78 is 13.0. The predicted molar refractivity (Wildman–Crippen MR) is 101 cm³/mol. The van der Waals surface area contributed by atoms with Gasteiger partial charge in [-0.25, -0.2) is 4.98 Å². The molecule has 0 N–H and O–H groups in total. The van der Waals surface area contributed by atoms with Crippen LogP contribution in [0.3, 0.4) is 0 Å². The molecule has 1 aliphatic heterocycles. The highest BCUT2D eigenvalue weighted by atomic mass is 16.6. The van der Waals surface area contributed by atoms with Gasteiger partial charge in [0.15, 0.2) is 6.61 Å². The predicted octanol–water partition coefficient (Wildman–Crippen LogP) is 2.52. The number of imidazole rings is 1. The fraction of sp³-hybridized carbons (Fsp3) is 0.263. The molecule has 0 aliphatic carbocycles. The fourth-order valence-electron chi connectivity index (χ4n) is 3.11. The molecule has 0 radical (unpaired) electrons. The molecular weight excluding hydrogens is 364 g/mol. The lowest BCUT2D eigenvalue weighted by molar-refractivity contribution is -0.384. The number of amides is 1. The van der Waals surface area contributed by atoms with Gasteiger partial charge in [0.25, 0.3) is 11.6 Å². The second-order valence-corrected chi connectivity index (χ2v) is 6.40. The molecular formula is C19H18N4O5. The van der Waals surface area contributed by atoms with Crippen LogP contribution in [0.15, 0.2) is 42.5 Å². The van der Waals surface area contributed by atoms with E-state index in [4.69, 9.17) is 9.47 Å². The maximum Gasteiger partial charge on any atom is 0.269 e. The third-order valence-electron chi connectivity index (χ3n) is 4.67. The van der Waals surface area contributed by atoms with Gasteiger partial charge in [-0.2, -0.15) is 0 Å². The first-order valence-electron chi connectivity index (χ1n) is 8.73. The van der Waals surface area contributed by atoms with E-state index in [1.54, 1.807) is 7.05 Å². The topological polar surface area (TPSA) is 99.7 Å². The third kappa shape index (κ3) is 3.39. The Morgan fingerprint density at radius 1 is 1.32 bits per heavy atom. The van der Waals surface area contributed by atoms with E-state index in [0.29, 0.717) is 24.7 Å². The number of carbonyl (C=O) groups excluding carboxylic acids is 1. The van der Waals surface area contributed by atoms with Crippen LogP contribution in [0, 0.1) is 10.1 Å². The number of nitro benzene ring substituents is 1. The number of fused-ring (bicyclic) bond motifs is 3. The average molecular weight is 382 g/mol. The van der Waals surface area contributed by atoms with E-state index in [9.17, 15) is 14.9 Å². The fourth-order valence-corrected chi connectivity index (χ4v) is 3.11. The molecule has 9 nitrogen and oxygen atoms in total. The molecule has 0 atom stereocenters. The minimum Gasteiger partial charge on any atom is -0.484 e. The molecule has 1 aromatic heterocycles. The summed E-state index contributed by atoms with van der Waals surface area (Å²) in [4.78, 5) is 28.7. The normalized spacial score (nSPS) is 13.2. The number of hydrogen-bond donors (Lipinski definition) is 0. The van der Waals surface area contributed by atoms with E-state index in [2.05, 4.69) is 9.55 Å². The Bertz CT molecular complexity index is 1040. The van der Waals surface area contributed by atoms with Crippen LogP contribution in [0.25, 0.3) is 11.0 Å². The SMILES string of the molecule is CN(C(=O)COc1ccc([N+](=O)[O-])cc1)c1ccc2c(c1)nc1n2CCOC1. The second-order valence-electron chi connectivity index (χ2n) is 6.40. The summed E-state index contributed by atoms with van der Waals surface area (Å²) in [6.07, 6.45) is 0. The van der Waals surface area contributed by atoms with Gasteiger partial charge in [-0.15, -0.1) is 0 Å². The molecule has 0 saturated carbocycles. The molecule has 1 amide bonds. The van der Waals surface area contributed by atoms with Crippen molar-refractivity contribution < 1.29 is 19.2 Å². The lowest BCUT2D eigenvalue weighted by Gasteiger charge is -2.18. The number of rotatable bonds is 5. The van der Waals surface area contributed by atoms with Gasteiger partial charge < -0.3 is 18.9 Å². The van der Waals surface area contributed by atoms with Gasteiger partial charge in [0, 0.05) is 31.4 Å². The molecule has 144 valence electrons. The number of nitrogens with zero attached hydrogens (tertiary/aromatic N) is 4. The molecule has 4 rings (SSSR count). The second kappa shape index (κ2) is 7.28. The number of anilines is 1. The first-order valence-corrected chi connectivity index (χ1v) is 8.73. The molecule has 1 aliphatic rings. The highest BCUT2D eigenvalue weighted by Crippen LogP contribution is 2.25. The van der Waals surface area contributed by atoms with Crippen LogP contribution in [0.1, 0.15) is 5.82 Å². The number of likely N-dealkylation sites (N-methyl/N-ethyl adjacent to an activating group) is 1. The lowest BCUT2D eigenvalue weighted by Crippen LogP contribution is -2.31. The van der Waals surface area contributed by atoms with Gasteiger partial charge in [-0.1, -0.05) is 0 Å². The zero-order chi connectivity index (χ0) is 19.7. The number of benzene rings is 2. The summed E-state index contributed by atoms with van der Waals surface area (Å²) in [5.41, 5.74) is 2.51. The van der Waals surface area contributed by atoms with Gasteiger partial charge in [0.05, 0.1) is 22.6 Å². The Balaban J connectivity index is 1.45. The van der Waals surface area contributed by atoms with Crippen molar-refractivity contribution in [3.05, 3.63) is 58.4 Å². The summed E-state index contributed by atoms with van der Waals surface area (Å²) in [5, 5.41) is 10.7. The maximum atomic E-state index is 12.5. The Kier molecular flexibility index (Phi) is 4.66. The molecule has 0 fully saturated rings. The summed E-state index contributed by atoms with van der Waals surface area (Å²) >= 11 is 0. The van der Waals surface area contributed by atoms with Crippen LogP contribution in [0.5, 0.6) is 5.75 Å². The number of ether oxygens (including phenoxy) is 2. The van der Waals surface area contributed by atoms with Crippen LogP contribution in [-0.4, -0.2) is 40.6 Å². The Morgan fingerprint density at radius 3 is 2.86 bits per heavy atom. The van der Waals surface area contributed by atoms with Gasteiger partial charge in [0.1, 0.15) is 18.2 Å². The van der Waals surface area contributed by atoms with Crippen LogP contribution in [-0.2, 0) is 22.7 Å². The maximum absolute atomic E-state index is 12.5.